The zero-order chi connectivity index (χ0) is 9.42. The molecule has 0 aliphatic rings. The Morgan fingerprint density at radius 1 is 1.54 bits per heavy atom. The maximum absolute atomic E-state index is 11.1. The smallest absolute Gasteiger partial charge is 0.286 e. The number of aromatic nitrogens is 3. The van der Waals surface area contributed by atoms with Crippen LogP contribution < -0.4 is 5.56 Å². The Kier molecular flexibility index (Phi) is 1.77. The maximum Gasteiger partial charge on any atom is 0.286 e. The highest BCUT2D eigenvalue weighted by molar-refractivity contribution is 6.29. The van der Waals surface area contributed by atoms with Crippen LogP contribution in [-0.2, 0) is 0 Å². The van der Waals surface area contributed by atoms with Gasteiger partial charge in [0.15, 0.2) is 5.15 Å². The van der Waals surface area contributed by atoms with Gasteiger partial charge in [0.2, 0.25) is 0 Å². The number of fused-ring (bicyclic) bond motifs is 1. The third-order valence-electron chi connectivity index (χ3n) is 1.67. The lowest BCUT2D eigenvalue weighted by molar-refractivity contribution is 1.16. The van der Waals surface area contributed by atoms with Gasteiger partial charge < -0.3 is 4.98 Å². The van der Waals surface area contributed by atoms with Gasteiger partial charge in [0.1, 0.15) is 5.52 Å². The van der Waals surface area contributed by atoms with Crippen molar-refractivity contribution in [2.45, 2.75) is 6.92 Å². The largest absolute Gasteiger partial charge is 0.318 e. The Balaban J connectivity index is 2.89. The highest BCUT2D eigenvalue weighted by Gasteiger charge is 2.01. The fourth-order valence-corrected chi connectivity index (χ4v) is 1.21. The number of nitrogens with one attached hydrogen (secondary N) is 1. The molecule has 1 N–H and O–H groups in total. The van der Waals surface area contributed by atoms with Crippen molar-refractivity contribution in [2.24, 2.45) is 0 Å². The van der Waals surface area contributed by atoms with E-state index < -0.39 is 0 Å². The Morgan fingerprint density at radius 3 is 3.08 bits per heavy atom. The van der Waals surface area contributed by atoms with Crippen LogP contribution in [0.3, 0.4) is 0 Å². The Labute approximate surface area is 78.6 Å². The van der Waals surface area contributed by atoms with Crippen molar-refractivity contribution in [1.29, 1.82) is 0 Å². The molecule has 2 aromatic heterocycles. The fourth-order valence-electron chi connectivity index (χ4n) is 1.07. The first-order chi connectivity index (χ1) is 6.16. The number of pyridine rings is 1. The third kappa shape index (κ3) is 1.40. The second-order valence-electron chi connectivity index (χ2n) is 2.70. The van der Waals surface area contributed by atoms with E-state index in [1.54, 1.807) is 12.3 Å². The lowest BCUT2D eigenvalue weighted by atomic mass is 10.3. The molecule has 0 atom stereocenters. The van der Waals surface area contributed by atoms with Gasteiger partial charge in [0.25, 0.3) is 5.56 Å². The third-order valence-corrected chi connectivity index (χ3v) is 1.93. The standard InChI is InChI=1S/C8H6ClN3O/c1-4-2-5-6(3-10-4)11-7(9)8(13)12-5/h2-3H,1H3,(H,12,13). The molecule has 0 saturated heterocycles. The summed E-state index contributed by atoms with van der Waals surface area (Å²) < 4.78 is 0. The molecule has 5 heteroatoms. The predicted molar refractivity (Wildman–Crippen MR) is 49.9 cm³/mol. The molecule has 4 nitrogen and oxygen atoms in total. The number of rotatable bonds is 0. The Bertz CT molecular complexity index is 520. The molecule has 0 bridgehead atoms. The minimum absolute atomic E-state index is 0.0573. The van der Waals surface area contributed by atoms with Gasteiger partial charge in [-0.15, -0.1) is 0 Å². The van der Waals surface area contributed by atoms with Crippen LogP contribution in [0.4, 0.5) is 0 Å². The van der Waals surface area contributed by atoms with E-state index in [0.717, 1.165) is 5.69 Å². The SMILES string of the molecule is Cc1cc2[nH]c(=O)c(Cl)nc2cn1. The first-order valence-electron chi connectivity index (χ1n) is 3.69. The number of aromatic amines is 1. The fraction of sp³-hybridized carbons (Fsp3) is 0.125. The van der Waals surface area contributed by atoms with Gasteiger partial charge in [-0.05, 0) is 13.0 Å². The Hall–Kier alpha value is -1.42. The van der Waals surface area contributed by atoms with E-state index in [4.69, 9.17) is 11.6 Å². The van der Waals surface area contributed by atoms with Crippen molar-refractivity contribution < 1.29 is 0 Å². The summed E-state index contributed by atoms with van der Waals surface area (Å²) in [5, 5.41) is -0.0573. The van der Waals surface area contributed by atoms with E-state index in [1.807, 2.05) is 6.92 Å². The van der Waals surface area contributed by atoms with Crippen LogP contribution in [0, 0.1) is 6.92 Å². The van der Waals surface area contributed by atoms with Crippen LogP contribution in [0.15, 0.2) is 17.1 Å². The summed E-state index contributed by atoms with van der Waals surface area (Å²) in [5.41, 5.74) is 1.70. The molecule has 0 fully saturated rings. The topological polar surface area (TPSA) is 58.6 Å². The number of nitrogens with zero attached hydrogens (tertiary/aromatic N) is 2. The number of hydrogen-bond donors (Lipinski definition) is 1. The monoisotopic (exact) mass is 195 g/mol. The summed E-state index contributed by atoms with van der Waals surface area (Å²) in [6.45, 7) is 1.84. The average molecular weight is 196 g/mol. The Morgan fingerprint density at radius 2 is 2.31 bits per heavy atom. The molecule has 2 rings (SSSR count). The minimum atomic E-state index is -0.375. The van der Waals surface area contributed by atoms with Crippen LogP contribution in [0.1, 0.15) is 5.69 Å². The van der Waals surface area contributed by atoms with Crippen LogP contribution in [0.2, 0.25) is 5.15 Å². The van der Waals surface area contributed by atoms with E-state index >= 15 is 0 Å². The van der Waals surface area contributed by atoms with Crippen molar-refractivity contribution >= 4 is 22.6 Å². The van der Waals surface area contributed by atoms with Crippen molar-refractivity contribution in [1.82, 2.24) is 15.0 Å². The maximum atomic E-state index is 11.1. The van der Waals surface area contributed by atoms with Crippen molar-refractivity contribution in [2.75, 3.05) is 0 Å². The average Bonchev–Trinajstić information content (AvgIpc) is 2.08. The highest BCUT2D eigenvalue weighted by Crippen LogP contribution is 2.08. The number of aryl methyl sites for hydroxylation is 1. The van der Waals surface area contributed by atoms with Gasteiger partial charge in [-0.3, -0.25) is 9.78 Å². The van der Waals surface area contributed by atoms with Gasteiger partial charge in [-0.1, -0.05) is 11.6 Å². The predicted octanol–water partition coefficient (Wildman–Crippen LogP) is 1.28. The zero-order valence-corrected chi connectivity index (χ0v) is 7.59. The molecule has 2 heterocycles. The van der Waals surface area contributed by atoms with Crippen molar-refractivity contribution in [3.63, 3.8) is 0 Å². The van der Waals surface area contributed by atoms with Crippen LogP contribution in [-0.4, -0.2) is 15.0 Å². The number of halogens is 1. The molecule has 2 aromatic rings. The molecule has 0 unspecified atom stereocenters. The number of hydrogen-bond acceptors (Lipinski definition) is 3. The zero-order valence-electron chi connectivity index (χ0n) is 6.84. The van der Waals surface area contributed by atoms with Gasteiger partial charge >= 0.3 is 0 Å². The minimum Gasteiger partial charge on any atom is -0.318 e. The summed E-state index contributed by atoms with van der Waals surface area (Å²) in [6.07, 6.45) is 1.58. The molecule has 0 amide bonds. The summed E-state index contributed by atoms with van der Waals surface area (Å²) >= 11 is 5.54. The highest BCUT2D eigenvalue weighted by atomic mass is 35.5. The lowest BCUT2D eigenvalue weighted by Crippen LogP contribution is -2.08. The van der Waals surface area contributed by atoms with Gasteiger partial charge in [0, 0.05) is 5.69 Å². The first-order valence-corrected chi connectivity index (χ1v) is 4.07. The molecule has 0 aliphatic carbocycles. The second kappa shape index (κ2) is 2.81. The van der Waals surface area contributed by atoms with Gasteiger partial charge in [-0.2, -0.15) is 0 Å². The lowest BCUT2D eigenvalue weighted by Gasteiger charge is -1.97. The molecule has 0 aliphatic heterocycles. The van der Waals surface area contributed by atoms with E-state index in [-0.39, 0.29) is 10.7 Å². The molecular formula is C8H6ClN3O. The van der Waals surface area contributed by atoms with Crippen LogP contribution >= 0.6 is 11.6 Å². The molecule has 13 heavy (non-hydrogen) atoms. The van der Waals surface area contributed by atoms with E-state index in [0.29, 0.717) is 11.0 Å². The molecule has 0 aromatic carbocycles. The van der Waals surface area contributed by atoms with Crippen LogP contribution in [0.5, 0.6) is 0 Å². The van der Waals surface area contributed by atoms with Crippen molar-refractivity contribution in [3.05, 3.63) is 33.5 Å². The normalized spacial score (nSPS) is 10.6. The molecule has 0 spiro atoms. The molecule has 0 radical (unpaired) electrons. The first kappa shape index (κ1) is 8.19. The second-order valence-corrected chi connectivity index (χ2v) is 3.06. The molecule has 0 saturated carbocycles. The van der Waals surface area contributed by atoms with Gasteiger partial charge in [0.05, 0.1) is 11.7 Å². The molecule has 66 valence electrons. The summed E-state index contributed by atoms with van der Waals surface area (Å²) in [6, 6.07) is 1.75. The van der Waals surface area contributed by atoms with Gasteiger partial charge in [-0.25, -0.2) is 4.98 Å². The summed E-state index contributed by atoms with van der Waals surface area (Å²) in [5.74, 6) is 0. The van der Waals surface area contributed by atoms with Crippen LogP contribution in [0.25, 0.3) is 11.0 Å². The summed E-state index contributed by atoms with van der Waals surface area (Å²) in [7, 11) is 0. The number of H-pyrrole nitrogens is 1. The van der Waals surface area contributed by atoms with E-state index in [9.17, 15) is 4.79 Å². The van der Waals surface area contributed by atoms with E-state index in [1.165, 1.54) is 0 Å². The quantitative estimate of drug-likeness (QED) is 0.689. The molecular weight excluding hydrogens is 190 g/mol. The summed E-state index contributed by atoms with van der Waals surface area (Å²) in [4.78, 5) is 21.6. The van der Waals surface area contributed by atoms with E-state index in [2.05, 4.69) is 15.0 Å². The van der Waals surface area contributed by atoms with Crippen molar-refractivity contribution in [3.8, 4) is 0 Å².